The van der Waals surface area contributed by atoms with Crippen molar-refractivity contribution in [2.75, 3.05) is 0 Å². The summed E-state index contributed by atoms with van der Waals surface area (Å²) in [7, 11) is 0. The van der Waals surface area contributed by atoms with Gasteiger partial charge in [0.2, 0.25) is 0 Å². The third-order valence-electron chi connectivity index (χ3n) is 2.23. The van der Waals surface area contributed by atoms with Crippen LogP contribution in [0.3, 0.4) is 0 Å². The fraction of sp³-hybridized carbons (Fsp3) is 0.250. The minimum Gasteiger partial charge on any atom is -0.328 e. The second kappa shape index (κ2) is 3.76. The lowest BCUT2D eigenvalue weighted by atomic mass is 10.1. The SMILES string of the molecule is C[C@@H](N)Cc1ccc2cccnc2c1. The van der Waals surface area contributed by atoms with Crippen molar-refractivity contribution in [1.82, 2.24) is 4.98 Å². The quantitative estimate of drug-likeness (QED) is 0.780. The van der Waals surface area contributed by atoms with Crippen LogP contribution in [0.15, 0.2) is 36.5 Å². The van der Waals surface area contributed by atoms with E-state index in [1.54, 1.807) is 0 Å². The van der Waals surface area contributed by atoms with E-state index in [1.807, 2.05) is 19.2 Å². The number of nitrogens with two attached hydrogens (primary N) is 1. The molecule has 0 aliphatic heterocycles. The Balaban J connectivity index is 2.41. The van der Waals surface area contributed by atoms with Gasteiger partial charge >= 0.3 is 0 Å². The van der Waals surface area contributed by atoms with Gasteiger partial charge < -0.3 is 5.73 Å². The first-order valence-electron chi connectivity index (χ1n) is 4.85. The van der Waals surface area contributed by atoms with Crippen LogP contribution in [0.5, 0.6) is 0 Å². The molecule has 72 valence electrons. The Bertz CT molecular complexity index is 435. The van der Waals surface area contributed by atoms with E-state index < -0.39 is 0 Å². The number of rotatable bonds is 2. The van der Waals surface area contributed by atoms with Crippen LogP contribution < -0.4 is 5.73 Å². The van der Waals surface area contributed by atoms with Crippen molar-refractivity contribution in [2.24, 2.45) is 5.73 Å². The molecule has 14 heavy (non-hydrogen) atoms. The number of nitrogens with zero attached hydrogens (tertiary/aromatic N) is 1. The van der Waals surface area contributed by atoms with Crippen LogP contribution in [0.4, 0.5) is 0 Å². The molecule has 0 saturated carbocycles. The van der Waals surface area contributed by atoms with E-state index in [9.17, 15) is 0 Å². The van der Waals surface area contributed by atoms with Crippen LogP contribution in [0, 0.1) is 0 Å². The van der Waals surface area contributed by atoms with Crippen molar-refractivity contribution in [1.29, 1.82) is 0 Å². The van der Waals surface area contributed by atoms with Crippen molar-refractivity contribution in [3.05, 3.63) is 42.1 Å². The van der Waals surface area contributed by atoms with Gasteiger partial charge in [-0.05, 0) is 31.0 Å². The Hall–Kier alpha value is -1.41. The normalized spacial score (nSPS) is 13.0. The molecule has 0 fully saturated rings. The first-order valence-corrected chi connectivity index (χ1v) is 4.85. The number of pyridine rings is 1. The summed E-state index contributed by atoms with van der Waals surface area (Å²) < 4.78 is 0. The third kappa shape index (κ3) is 1.91. The van der Waals surface area contributed by atoms with E-state index in [2.05, 4.69) is 29.2 Å². The van der Waals surface area contributed by atoms with Gasteiger partial charge in [0, 0.05) is 17.6 Å². The number of hydrogen-bond acceptors (Lipinski definition) is 2. The molecule has 0 unspecified atom stereocenters. The molecule has 1 heterocycles. The lowest BCUT2D eigenvalue weighted by Gasteiger charge is -2.05. The van der Waals surface area contributed by atoms with Gasteiger partial charge in [0.1, 0.15) is 0 Å². The van der Waals surface area contributed by atoms with E-state index in [0.29, 0.717) is 0 Å². The van der Waals surface area contributed by atoms with Gasteiger partial charge in [0.15, 0.2) is 0 Å². The Kier molecular flexibility index (Phi) is 2.46. The minimum absolute atomic E-state index is 0.205. The van der Waals surface area contributed by atoms with Crippen molar-refractivity contribution in [3.8, 4) is 0 Å². The molecule has 2 heteroatoms. The van der Waals surface area contributed by atoms with Crippen molar-refractivity contribution < 1.29 is 0 Å². The average molecular weight is 186 g/mol. The maximum Gasteiger partial charge on any atom is 0.0704 e. The summed E-state index contributed by atoms with van der Waals surface area (Å²) in [4.78, 5) is 4.31. The second-order valence-electron chi connectivity index (χ2n) is 3.71. The van der Waals surface area contributed by atoms with Crippen LogP contribution in [0.1, 0.15) is 12.5 Å². The molecule has 0 aliphatic rings. The lowest BCUT2D eigenvalue weighted by molar-refractivity contribution is 0.738. The summed E-state index contributed by atoms with van der Waals surface area (Å²) in [5, 5.41) is 1.18. The highest BCUT2D eigenvalue weighted by Gasteiger charge is 1.99. The Morgan fingerprint density at radius 1 is 1.36 bits per heavy atom. The molecular formula is C12H14N2. The van der Waals surface area contributed by atoms with E-state index in [0.717, 1.165) is 11.9 Å². The molecule has 2 rings (SSSR count). The molecule has 0 radical (unpaired) electrons. The summed E-state index contributed by atoms with van der Waals surface area (Å²) in [6.45, 7) is 2.02. The molecule has 2 aromatic rings. The predicted molar refractivity (Wildman–Crippen MR) is 59.1 cm³/mol. The molecule has 1 atom stereocenters. The highest BCUT2D eigenvalue weighted by atomic mass is 14.6. The molecule has 2 N–H and O–H groups in total. The molecule has 1 aromatic carbocycles. The first-order chi connectivity index (χ1) is 6.75. The summed E-state index contributed by atoms with van der Waals surface area (Å²) in [5.41, 5.74) is 8.05. The average Bonchev–Trinajstić information content (AvgIpc) is 2.17. The molecule has 0 aliphatic carbocycles. The summed E-state index contributed by atoms with van der Waals surface area (Å²) in [6.07, 6.45) is 2.73. The Morgan fingerprint density at radius 2 is 2.21 bits per heavy atom. The number of aromatic nitrogens is 1. The van der Waals surface area contributed by atoms with Gasteiger partial charge in [0.25, 0.3) is 0 Å². The van der Waals surface area contributed by atoms with E-state index in [4.69, 9.17) is 5.73 Å². The summed E-state index contributed by atoms with van der Waals surface area (Å²) in [6, 6.07) is 10.5. The zero-order valence-corrected chi connectivity index (χ0v) is 8.27. The van der Waals surface area contributed by atoms with Crippen molar-refractivity contribution in [2.45, 2.75) is 19.4 Å². The van der Waals surface area contributed by atoms with Gasteiger partial charge in [-0.25, -0.2) is 0 Å². The van der Waals surface area contributed by atoms with Crippen molar-refractivity contribution >= 4 is 10.9 Å². The molecular weight excluding hydrogens is 172 g/mol. The molecule has 2 nitrogen and oxygen atoms in total. The maximum absolute atomic E-state index is 5.75. The Morgan fingerprint density at radius 3 is 3.00 bits per heavy atom. The van der Waals surface area contributed by atoms with Gasteiger partial charge in [-0.15, -0.1) is 0 Å². The fourth-order valence-electron chi connectivity index (χ4n) is 1.61. The zero-order valence-electron chi connectivity index (χ0n) is 8.27. The van der Waals surface area contributed by atoms with Crippen LogP contribution in [-0.4, -0.2) is 11.0 Å². The van der Waals surface area contributed by atoms with Gasteiger partial charge in [-0.3, -0.25) is 4.98 Å². The minimum atomic E-state index is 0.205. The van der Waals surface area contributed by atoms with Gasteiger partial charge in [0.05, 0.1) is 5.52 Å². The summed E-state index contributed by atoms with van der Waals surface area (Å²) in [5.74, 6) is 0. The van der Waals surface area contributed by atoms with Crippen molar-refractivity contribution in [3.63, 3.8) is 0 Å². The smallest absolute Gasteiger partial charge is 0.0704 e. The monoisotopic (exact) mass is 186 g/mol. The molecule has 0 spiro atoms. The van der Waals surface area contributed by atoms with E-state index in [1.165, 1.54) is 10.9 Å². The number of benzene rings is 1. The maximum atomic E-state index is 5.75. The molecule has 0 amide bonds. The Labute approximate surface area is 83.8 Å². The highest BCUT2D eigenvalue weighted by Crippen LogP contribution is 2.13. The van der Waals surface area contributed by atoms with E-state index in [-0.39, 0.29) is 6.04 Å². The lowest BCUT2D eigenvalue weighted by Crippen LogP contribution is -2.17. The highest BCUT2D eigenvalue weighted by molar-refractivity contribution is 5.78. The van der Waals surface area contributed by atoms with Crippen LogP contribution >= 0.6 is 0 Å². The summed E-state index contributed by atoms with van der Waals surface area (Å²) >= 11 is 0. The standard InChI is InChI=1S/C12H14N2/c1-9(13)7-10-4-5-11-3-2-6-14-12(11)8-10/h2-6,8-9H,7,13H2,1H3/t9-/m1/s1. The number of hydrogen-bond donors (Lipinski definition) is 1. The second-order valence-corrected chi connectivity index (χ2v) is 3.71. The number of fused-ring (bicyclic) bond motifs is 1. The van der Waals surface area contributed by atoms with Crippen LogP contribution in [-0.2, 0) is 6.42 Å². The zero-order chi connectivity index (χ0) is 9.97. The van der Waals surface area contributed by atoms with E-state index >= 15 is 0 Å². The largest absolute Gasteiger partial charge is 0.328 e. The third-order valence-corrected chi connectivity index (χ3v) is 2.23. The predicted octanol–water partition coefficient (Wildman–Crippen LogP) is 2.12. The topological polar surface area (TPSA) is 38.9 Å². The van der Waals surface area contributed by atoms with Crippen LogP contribution in [0.2, 0.25) is 0 Å². The van der Waals surface area contributed by atoms with Gasteiger partial charge in [-0.2, -0.15) is 0 Å². The van der Waals surface area contributed by atoms with Crippen LogP contribution in [0.25, 0.3) is 10.9 Å². The molecule has 1 aromatic heterocycles. The fourth-order valence-corrected chi connectivity index (χ4v) is 1.61. The molecule has 0 bridgehead atoms. The first kappa shape index (κ1) is 9.16. The molecule has 0 saturated heterocycles. The van der Waals surface area contributed by atoms with Gasteiger partial charge in [-0.1, -0.05) is 18.2 Å².